The normalized spacial score (nSPS) is 10.4. The van der Waals surface area contributed by atoms with Gasteiger partial charge in [0.05, 0.1) is 16.4 Å². The maximum absolute atomic E-state index is 10.8. The monoisotopic (exact) mass is 388 g/mol. The summed E-state index contributed by atoms with van der Waals surface area (Å²) in [5, 5.41) is 15.7. The first-order valence-electron chi connectivity index (χ1n) is 7.63. The molecule has 0 saturated carbocycles. The largest absolute Gasteiger partial charge is 0.480 e. The van der Waals surface area contributed by atoms with Crippen LogP contribution in [0.5, 0.6) is 0 Å². The molecule has 3 N–H and O–H groups in total. The number of aliphatic carboxylic acids is 1. The molecule has 26 heavy (non-hydrogen) atoms. The second-order valence-electron chi connectivity index (χ2n) is 5.32. The lowest BCUT2D eigenvalue weighted by Gasteiger charge is -2.12. The van der Waals surface area contributed by atoms with Gasteiger partial charge >= 0.3 is 5.97 Å². The topological polar surface area (TPSA) is 87.1 Å². The molecule has 6 nitrogen and oxygen atoms in total. The van der Waals surface area contributed by atoms with Crippen molar-refractivity contribution < 1.29 is 9.90 Å². The van der Waals surface area contributed by atoms with Gasteiger partial charge in [0.2, 0.25) is 5.95 Å². The Morgan fingerprint density at radius 2 is 1.81 bits per heavy atom. The molecule has 1 heterocycles. The van der Waals surface area contributed by atoms with Crippen LogP contribution in [0.2, 0.25) is 10.0 Å². The zero-order chi connectivity index (χ0) is 18.5. The minimum Gasteiger partial charge on any atom is -0.480 e. The minimum atomic E-state index is -1.01. The fourth-order valence-electron chi connectivity index (χ4n) is 2.23. The van der Waals surface area contributed by atoms with Gasteiger partial charge in [-0.2, -0.15) is 4.98 Å². The van der Waals surface area contributed by atoms with Gasteiger partial charge in [0, 0.05) is 16.7 Å². The first-order chi connectivity index (χ1) is 12.5. The highest BCUT2D eigenvalue weighted by molar-refractivity contribution is 6.35. The summed E-state index contributed by atoms with van der Waals surface area (Å²) in [6.45, 7) is -0.296. The van der Waals surface area contributed by atoms with Gasteiger partial charge in [-0.1, -0.05) is 53.5 Å². The highest BCUT2D eigenvalue weighted by Gasteiger charge is 2.10. The summed E-state index contributed by atoms with van der Waals surface area (Å²) in [6, 6.07) is 16.3. The smallest absolute Gasteiger partial charge is 0.322 e. The molecular weight excluding hydrogens is 375 g/mol. The highest BCUT2D eigenvalue weighted by Crippen LogP contribution is 2.29. The Morgan fingerprint density at radius 1 is 1.04 bits per heavy atom. The number of carbonyl (C=O) groups is 1. The van der Waals surface area contributed by atoms with Gasteiger partial charge in [-0.25, -0.2) is 4.98 Å². The van der Waals surface area contributed by atoms with Gasteiger partial charge < -0.3 is 15.7 Å². The standard InChI is InChI=1S/C18H14Cl2N4O2/c19-12-6-7-13(20)15(8-12)22-16-9-14(11-4-2-1-3-5-11)23-18(24-16)21-10-17(25)26/h1-9H,10H2,(H,25,26)(H2,21,22,23,24). The number of carboxylic acids is 1. The molecule has 3 rings (SSSR count). The van der Waals surface area contributed by atoms with Crippen LogP contribution >= 0.6 is 23.2 Å². The quantitative estimate of drug-likeness (QED) is 0.567. The van der Waals surface area contributed by atoms with Crippen LogP contribution in [0.3, 0.4) is 0 Å². The Hall–Kier alpha value is -2.83. The van der Waals surface area contributed by atoms with Crippen LogP contribution in [0, 0.1) is 0 Å². The highest BCUT2D eigenvalue weighted by atomic mass is 35.5. The van der Waals surface area contributed by atoms with Crippen LogP contribution in [-0.2, 0) is 4.79 Å². The van der Waals surface area contributed by atoms with Crippen LogP contribution in [-0.4, -0.2) is 27.6 Å². The van der Waals surface area contributed by atoms with Crippen molar-refractivity contribution in [2.24, 2.45) is 0 Å². The third-order valence-corrected chi connectivity index (χ3v) is 3.95. The molecule has 132 valence electrons. The van der Waals surface area contributed by atoms with E-state index in [-0.39, 0.29) is 12.5 Å². The number of benzene rings is 2. The van der Waals surface area contributed by atoms with E-state index in [1.165, 1.54) is 0 Å². The van der Waals surface area contributed by atoms with E-state index < -0.39 is 5.97 Å². The molecule has 0 fully saturated rings. The number of rotatable bonds is 6. The average molecular weight is 389 g/mol. The molecule has 0 atom stereocenters. The van der Waals surface area contributed by atoms with Gasteiger partial charge in [-0.15, -0.1) is 0 Å². The van der Waals surface area contributed by atoms with Crippen molar-refractivity contribution in [3.63, 3.8) is 0 Å². The van der Waals surface area contributed by atoms with Crippen LogP contribution in [0.4, 0.5) is 17.5 Å². The van der Waals surface area contributed by atoms with E-state index >= 15 is 0 Å². The van der Waals surface area contributed by atoms with E-state index in [4.69, 9.17) is 28.3 Å². The second-order valence-corrected chi connectivity index (χ2v) is 6.17. The van der Waals surface area contributed by atoms with Crippen molar-refractivity contribution >= 4 is 46.6 Å². The number of hydrogen-bond acceptors (Lipinski definition) is 5. The molecule has 2 aromatic carbocycles. The Morgan fingerprint density at radius 3 is 2.54 bits per heavy atom. The van der Waals surface area contributed by atoms with Crippen LogP contribution in [0.25, 0.3) is 11.3 Å². The summed E-state index contributed by atoms with van der Waals surface area (Å²) >= 11 is 12.2. The molecule has 3 aromatic rings. The van der Waals surface area contributed by atoms with Crippen molar-refractivity contribution in [3.8, 4) is 11.3 Å². The second kappa shape index (κ2) is 8.03. The molecule has 0 aliphatic heterocycles. The molecule has 8 heteroatoms. The van der Waals surface area contributed by atoms with Gasteiger partial charge in [0.25, 0.3) is 0 Å². The number of halogens is 2. The number of carboxylic acid groups (broad SMARTS) is 1. The molecule has 0 bridgehead atoms. The summed E-state index contributed by atoms with van der Waals surface area (Å²) < 4.78 is 0. The maximum atomic E-state index is 10.8. The molecule has 0 spiro atoms. The SMILES string of the molecule is O=C(O)CNc1nc(Nc2cc(Cl)ccc2Cl)cc(-c2ccccc2)n1. The van der Waals surface area contributed by atoms with E-state index in [1.54, 1.807) is 24.3 Å². The van der Waals surface area contributed by atoms with E-state index in [1.807, 2.05) is 30.3 Å². The molecule has 0 radical (unpaired) electrons. The maximum Gasteiger partial charge on any atom is 0.322 e. The van der Waals surface area contributed by atoms with Crippen LogP contribution in [0.15, 0.2) is 54.6 Å². The van der Waals surface area contributed by atoms with E-state index in [2.05, 4.69) is 20.6 Å². The van der Waals surface area contributed by atoms with Crippen LogP contribution < -0.4 is 10.6 Å². The first-order valence-corrected chi connectivity index (χ1v) is 8.39. The summed E-state index contributed by atoms with van der Waals surface area (Å²) in [6.07, 6.45) is 0. The fourth-order valence-corrected chi connectivity index (χ4v) is 2.57. The third-order valence-electron chi connectivity index (χ3n) is 3.38. The summed E-state index contributed by atoms with van der Waals surface area (Å²) in [4.78, 5) is 19.5. The Kier molecular flexibility index (Phi) is 5.55. The summed E-state index contributed by atoms with van der Waals surface area (Å²) in [7, 11) is 0. The van der Waals surface area contributed by atoms with Crippen molar-refractivity contribution in [3.05, 3.63) is 64.6 Å². The lowest BCUT2D eigenvalue weighted by Crippen LogP contribution is -2.15. The van der Waals surface area contributed by atoms with E-state index in [0.717, 1.165) is 5.56 Å². The van der Waals surface area contributed by atoms with Crippen molar-refractivity contribution in [2.45, 2.75) is 0 Å². The molecular formula is C18H14Cl2N4O2. The minimum absolute atomic E-state index is 0.189. The summed E-state index contributed by atoms with van der Waals surface area (Å²) in [5.41, 5.74) is 2.09. The predicted molar refractivity (Wildman–Crippen MR) is 103 cm³/mol. The first kappa shape index (κ1) is 18.0. The van der Waals surface area contributed by atoms with Crippen molar-refractivity contribution in [1.29, 1.82) is 0 Å². The summed E-state index contributed by atoms with van der Waals surface area (Å²) in [5.74, 6) is -0.364. The lowest BCUT2D eigenvalue weighted by molar-refractivity contribution is -0.134. The van der Waals surface area contributed by atoms with Gasteiger partial charge in [-0.05, 0) is 18.2 Å². The Balaban J connectivity index is 1.98. The zero-order valence-corrected chi connectivity index (χ0v) is 14.9. The van der Waals surface area contributed by atoms with Gasteiger partial charge in [-0.3, -0.25) is 4.79 Å². The average Bonchev–Trinajstić information content (AvgIpc) is 2.63. The van der Waals surface area contributed by atoms with Gasteiger partial charge in [0.15, 0.2) is 0 Å². The molecule has 0 aliphatic carbocycles. The number of nitrogens with zero attached hydrogens (tertiary/aromatic N) is 2. The molecule has 0 unspecified atom stereocenters. The lowest BCUT2D eigenvalue weighted by atomic mass is 10.1. The molecule has 0 aliphatic rings. The predicted octanol–water partition coefficient (Wildman–Crippen LogP) is 4.69. The third kappa shape index (κ3) is 4.62. The fraction of sp³-hybridized carbons (Fsp3) is 0.0556. The van der Waals surface area contributed by atoms with Crippen molar-refractivity contribution in [2.75, 3.05) is 17.2 Å². The zero-order valence-electron chi connectivity index (χ0n) is 13.4. The van der Waals surface area contributed by atoms with Gasteiger partial charge in [0.1, 0.15) is 12.4 Å². The van der Waals surface area contributed by atoms with Crippen molar-refractivity contribution in [1.82, 2.24) is 9.97 Å². The Bertz CT molecular complexity index is 936. The van der Waals surface area contributed by atoms with Crippen LogP contribution in [0.1, 0.15) is 0 Å². The molecule has 0 amide bonds. The number of aromatic nitrogens is 2. The molecule has 1 aromatic heterocycles. The number of nitrogens with one attached hydrogen (secondary N) is 2. The van der Waals surface area contributed by atoms with E-state index in [0.29, 0.717) is 27.2 Å². The Labute approximate surface area is 159 Å². The van der Waals surface area contributed by atoms with E-state index in [9.17, 15) is 4.79 Å². The number of hydrogen-bond donors (Lipinski definition) is 3. The number of anilines is 3. The molecule has 0 saturated heterocycles.